The van der Waals surface area contributed by atoms with Crippen LogP contribution in [0.15, 0.2) is 16.7 Å². The quantitative estimate of drug-likeness (QED) is 0.842. The maximum absolute atomic E-state index is 12.7. The van der Waals surface area contributed by atoms with Crippen molar-refractivity contribution >= 4 is 11.8 Å². The van der Waals surface area contributed by atoms with Crippen molar-refractivity contribution in [2.45, 2.75) is 51.2 Å². The predicted octanol–water partition coefficient (Wildman–Crippen LogP) is 2.22. The lowest BCUT2D eigenvalue weighted by molar-refractivity contribution is -0.185. The number of carbonyl (C=O) groups excluding carboxylic acids is 2. The van der Waals surface area contributed by atoms with Gasteiger partial charge in [0.25, 0.3) is 5.91 Å². The highest BCUT2D eigenvalue weighted by molar-refractivity contribution is 5.95. The van der Waals surface area contributed by atoms with Crippen LogP contribution in [0.4, 0.5) is 0 Å². The van der Waals surface area contributed by atoms with E-state index in [0.717, 1.165) is 19.4 Å². The molecule has 6 heteroatoms. The summed E-state index contributed by atoms with van der Waals surface area (Å²) in [6.07, 6.45) is 5.56. The first kappa shape index (κ1) is 16.6. The summed E-state index contributed by atoms with van der Waals surface area (Å²) in [6.45, 7) is 6.26. The summed E-state index contributed by atoms with van der Waals surface area (Å²) >= 11 is 0. The molecule has 0 N–H and O–H groups in total. The Hall–Kier alpha value is -1.82. The minimum Gasteiger partial charge on any atom is -0.469 e. The van der Waals surface area contributed by atoms with Gasteiger partial charge >= 0.3 is 0 Å². The molecule has 1 saturated carbocycles. The number of piperidine rings is 1. The number of furan rings is 1. The van der Waals surface area contributed by atoms with E-state index < -0.39 is 0 Å². The summed E-state index contributed by atoms with van der Waals surface area (Å²) in [5.74, 6) is 1.47. The van der Waals surface area contributed by atoms with Crippen molar-refractivity contribution in [3.63, 3.8) is 0 Å². The summed E-state index contributed by atoms with van der Waals surface area (Å²) in [7, 11) is 0. The molecule has 0 bridgehead atoms. The topological polar surface area (TPSA) is 63.0 Å². The van der Waals surface area contributed by atoms with Crippen molar-refractivity contribution in [1.82, 2.24) is 9.80 Å². The van der Waals surface area contributed by atoms with Gasteiger partial charge in [0.05, 0.1) is 23.5 Å². The van der Waals surface area contributed by atoms with Gasteiger partial charge in [0.2, 0.25) is 5.91 Å². The van der Waals surface area contributed by atoms with Crippen molar-refractivity contribution in [3.8, 4) is 0 Å². The van der Waals surface area contributed by atoms with Gasteiger partial charge in [-0.05, 0) is 51.5 Å². The number of likely N-dealkylation sites (tertiary alicyclic amines) is 1. The Kier molecular flexibility index (Phi) is 4.10. The number of rotatable bonds is 3. The Morgan fingerprint density at radius 3 is 2.64 bits per heavy atom. The maximum atomic E-state index is 12.7. The third kappa shape index (κ3) is 2.97. The smallest absolute Gasteiger partial charge is 0.257 e. The second-order valence-electron chi connectivity index (χ2n) is 7.70. The fourth-order valence-electron chi connectivity index (χ4n) is 4.18. The molecule has 2 saturated heterocycles. The Bertz CT molecular complexity index is 671. The molecule has 6 nitrogen and oxygen atoms in total. The first-order valence-corrected chi connectivity index (χ1v) is 9.27. The highest BCUT2D eigenvalue weighted by Crippen LogP contribution is 2.38. The van der Waals surface area contributed by atoms with E-state index in [9.17, 15) is 9.59 Å². The third-order valence-corrected chi connectivity index (χ3v) is 6.17. The number of aryl methyl sites for hydroxylation is 1. The standard InChI is InChI=1S/C19H26N2O4/c1-13-16(5-10-24-13)18(23)20-8-6-19(7-9-20)14(2)21(11-15-3-4-15)17(22)12-25-19/h5,10,14-15H,3-4,6-9,11-12H2,1-2H3. The van der Waals surface area contributed by atoms with E-state index in [1.807, 2.05) is 16.7 Å². The number of amides is 2. The number of hydrogen-bond acceptors (Lipinski definition) is 4. The van der Waals surface area contributed by atoms with Crippen LogP contribution in [-0.2, 0) is 9.53 Å². The molecule has 4 rings (SSSR count). The van der Waals surface area contributed by atoms with Crippen LogP contribution in [0.1, 0.15) is 48.7 Å². The monoisotopic (exact) mass is 346 g/mol. The molecule has 0 radical (unpaired) electrons. The van der Waals surface area contributed by atoms with E-state index in [4.69, 9.17) is 9.15 Å². The lowest BCUT2D eigenvalue weighted by Crippen LogP contribution is -2.64. The second kappa shape index (κ2) is 6.16. The van der Waals surface area contributed by atoms with E-state index in [0.29, 0.717) is 30.3 Å². The van der Waals surface area contributed by atoms with Gasteiger partial charge in [0.15, 0.2) is 0 Å². The van der Waals surface area contributed by atoms with E-state index in [1.165, 1.54) is 12.8 Å². The molecule has 136 valence electrons. The molecule has 2 amide bonds. The molecule has 1 atom stereocenters. The summed E-state index contributed by atoms with van der Waals surface area (Å²) in [5, 5.41) is 0. The first-order valence-electron chi connectivity index (χ1n) is 9.27. The van der Waals surface area contributed by atoms with Gasteiger partial charge in [-0.15, -0.1) is 0 Å². The van der Waals surface area contributed by atoms with Crippen molar-refractivity contribution in [1.29, 1.82) is 0 Å². The zero-order valence-corrected chi connectivity index (χ0v) is 15.0. The Balaban J connectivity index is 1.44. The zero-order chi connectivity index (χ0) is 17.6. The highest BCUT2D eigenvalue weighted by Gasteiger charge is 2.49. The van der Waals surface area contributed by atoms with Gasteiger partial charge in [-0.1, -0.05) is 0 Å². The Morgan fingerprint density at radius 1 is 1.32 bits per heavy atom. The molecular formula is C19H26N2O4. The van der Waals surface area contributed by atoms with E-state index in [-0.39, 0.29) is 30.1 Å². The average molecular weight is 346 g/mol. The van der Waals surface area contributed by atoms with E-state index in [1.54, 1.807) is 12.3 Å². The van der Waals surface area contributed by atoms with Crippen LogP contribution >= 0.6 is 0 Å². The summed E-state index contributed by atoms with van der Waals surface area (Å²) in [5.41, 5.74) is 0.324. The largest absolute Gasteiger partial charge is 0.469 e. The average Bonchev–Trinajstić information content (AvgIpc) is 3.34. The zero-order valence-electron chi connectivity index (χ0n) is 15.0. The fourth-order valence-corrected chi connectivity index (χ4v) is 4.18. The molecule has 25 heavy (non-hydrogen) atoms. The van der Waals surface area contributed by atoms with Crippen LogP contribution < -0.4 is 0 Å². The Morgan fingerprint density at radius 2 is 2.04 bits per heavy atom. The molecular weight excluding hydrogens is 320 g/mol. The fraction of sp³-hybridized carbons (Fsp3) is 0.684. The molecule has 0 aromatic carbocycles. The van der Waals surface area contributed by atoms with E-state index >= 15 is 0 Å². The summed E-state index contributed by atoms with van der Waals surface area (Å²) < 4.78 is 11.3. The van der Waals surface area contributed by atoms with Crippen LogP contribution in [0.3, 0.4) is 0 Å². The van der Waals surface area contributed by atoms with Gasteiger partial charge in [-0.2, -0.15) is 0 Å². The van der Waals surface area contributed by atoms with Crippen molar-refractivity contribution in [3.05, 3.63) is 23.7 Å². The van der Waals surface area contributed by atoms with Gasteiger partial charge in [0.1, 0.15) is 12.4 Å². The molecule has 1 aliphatic carbocycles. The maximum Gasteiger partial charge on any atom is 0.257 e. The van der Waals surface area contributed by atoms with Crippen molar-refractivity contribution in [2.75, 3.05) is 26.2 Å². The predicted molar refractivity (Wildman–Crippen MR) is 91.2 cm³/mol. The molecule has 1 unspecified atom stereocenters. The third-order valence-electron chi connectivity index (χ3n) is 6.17. The minimum absolute atomic E-state index is 0.0236. The second-order valence-corrected chi connectivity index (χ2v) is 7.70. The molecule has 3 fully saturated rings. The number of hydrogen-bond donors (Lipinski definition) is 0. The van der Waals surface area contributed by atoms with Crippen LogP contribution in [0.5, 0.6) is 0 Å². The van der Waals surface area contributed by atoms with Gasteiger partial charge in [-0.25, -0.2) is 0 Å². The van der Waals surface area contributed by atoms with Gasteiger partial charge in [0, 0.05) is 19.6 Å². The SMILES string of the molecule is Cc1occc1C(=O)N1CCC2(CC1)OCC(=O)N(CC1CC1)C2C. The van der Waals surface area contributed by atoms with Gasteiger partial charge in [-0.3, -0.25) is 9.59 Å². The number of nitrogens with zero attached hydrogens (tertiary/aromatic N) is 2. The first-order chi connectivity index (χ1) is 12.0. The molecule has 2 aliphatic heterocycles. The summed E-state index contributed by atoms with van der Waals surface area (Å²) in [6, 6.07) is 1.81. The lowest BCUT2D eigenvalue weighted by atomic mass is 9.82. The van der Waals surface area contributed by atoms with Crippen molar-refractivity contribution in [2.24, 2.45) is 5.92 Å². The van der Waals surface area contributed by atoms with Crippen LogP contribution in [0, 0.1) is 12.8 Å². The minimum atomic E-state index is -0.314. The van der Waals surface area contributed by atoms with E-state index in [2.05, 4.69) is 6.92 Å². The van der Waals surface area contributed by atoms with Crippen LogP contribution in [0.2, 0.25) is 0 Å². The Labute approximate surface area is 148 Å². The highest BCUT2D eigenvalue weighted by atomic mass is 16.5. The van der Waals surface area contributed by atoms with Gasteiger partial charge < -0.3 is 19.0 Å². The molecule has 1 aromatic rings. The number of ether oxygens (including phenoxy) is 1. The summed E-state index contributed by atoms with van der Waals surface area (Å²) in [4.78, 5) is 28.9. The molecule has 3 aliphatic rings. The number of carbonyl (C=O) groups is 2. The molecule has 1 spiro atoms. The molecule has 1 aromatic heterocycles. The van der Waals surface area contributed by atoms with Crippen LogP contribution in [-0.4, -0.2) is 59.5 Å². The van der Waals surface area contributed by atoms with Crippen LogP contribution in [0.25, 0.3) is 0 Å². The van der Waals surface area contributed by atoms with Crippen molar-refractivity contribution < 1.29 is 18.7 Å². The molecule has 3 heterocycles. The lowest BCUT2D eigenvalue weighted by Gasteiger charge is -2.51. The normalized spacial score (nSPS) is 26.3. The number of morpholine rings is 1.